The number of hydrogen-bond acceptors (Lipinski definition) is 5. The molecule has 0 N–H and O–H groups in total. The lowest BCUT2D eigenvalue weighted by atomic mass is 9.87. The van der Waals surface area contributed by atoms with Gasteiger partial charge in [0.05, 0.1) is 10.6 Å². The van der Waals surface area contributed by atoms with E-state index in [1.54, 1.807) is 4.90 Å². The molecule has 4 nitrogen and oxygen atoms in total. The third-order valence-corrected chi connectivity index (χ3v) is 7.19. The summed E-state index contributed by atoms with van der Waals surface area (Å²) >= 11 is 10.3. The van der Waals surface area contributed by atoms with E-state index in [4.69, 9.17) is 21.7 Å². The average Bonchev–Trinajstić information content (AvgIpc) is 3.10. The van der Waals surface area contributed by atoms with Crippen LogP contribution in [0.15, 0.2) is 82.2 Å². The van der Waals surface area contributed by atoms with Crippen molar-refractivity contribution in [1.29, 1.82) is 0 Å². The van der Waals surface area contributed by atoms with E-state index in [1.165, 1.54) is 17.3 Å². The molecule has 0 radical (unpaired) electrons. The molecule has 3 aromatic carbocycles. The lowest BCUT2D eigenvalue weighted by Gasteiger charge is -2.19. The van der Waals surface area contributed by atoms with E-state index in [9.17, 15) is 4.79 Å². The van der Waals surface area contributed by atoms with E-state index in [2.05, 4.69) is 48.8 Å². The van der Waals surface area contributed by atoms with E-state index in [1.807, 2.05) is 66.7 Å². The molecule has 1 fully saturated rings. The predicted molar refractivity (Wildman–Crippen MR) is 152 cm³/mol. The summed E-state index contributed by atoms with van der Waals surface area (Å²) in [5.41, 5.74) is 2.92. The lowest BCUT2D eigenvalue weighted by molar-refractivity contribution is -0.113. The van der Waals surface area contributed by atoms with E-state index in [0.717, 1.165) is 21.5 Å². The highest BCUT2D eigenvalue weighted by molar-refractivity contribution is 9.10. The molecular weight excluding hydrogens is 542 g/mol. The molecule has 1 aliphatic rings. The van der Waals surface area contributed by atoms with Gasteiger partial charge in [-0.25, -0.2) is 0 Å². The first kappa shape index (κ1) is 25.5. The zero-order chi connectivity index (χ0) is 25.0. The first-order valence-corrected chi connectivity index (χ1v) is 13.2. The Labute approximate surface area is 224 Å². The Balaban J connectivity index is 1.43. The summed E-state index contributed by atoms with van der Waals surface area (Å²) < 4.78 is 13.3. The summed E-state index contributed by atoms with van der Waals surface area (Å²) in [5, 5.41) is 0. The Morgan fingerprint density at radius 1 is 0.971 bits per heavy atom. The van der Waals surface area contributed by atoms with Gasteiger partial charge in [-0.1, -0.05) is 91.0 Å². The normalized spacial score (nSPS) is 15.1. The van der Waals surface area contributed by atoms with Crippen molar-refractivity contribution in [1.82, 2.24) is 0 Å². The summed E-state index contributed by atoms with van der Waals surface area (Å²) in [6.07, 6.45) is 1.83. The molecule has 0 aliphatic carbocycles. The van der Waals surface area contributed by atoms with Crippen LogP contribution in [-0.2, 0) is 10.2 Å². The molecule has 35 heavy (non-hydrogen) atoms. The Kier molecular flexibility index (Phi) is 7.99. The van der Waals surface area contributed by atoms with Crippen LogP contribution in [-0.4, -0.2) is 23.4 Å². The van der Waals surface area contributed by atoms with E-state index >= 15 is 0 Å². The first-order valence-electron chi connectivity index (χ1n) is 11.2. The maximum Gasteiger partial charge on any atom is 0.270 e. The molecule has 1 heterocycles. The van der Waals surface area contributed by atoms with Crippen LogP contribution in [0, 0.1) is 0 Å². The third-order valence-electron chi connectivity index (χ3n) is 5.40. The molecule has 0 spiro atoms. The maximum absolute atomic E-state index is 13.1. The molecule has 7 heteroatoms. The molecule has 1 amide bonds. The van der Waals surface area contributed by atoms with Gasteiger partial charge in [0, 0.05) is 10.0 Å². The number of amides is 1. The lowest BCUT2D eigenvalue weighted by Crippen LogP contribution is -2.27. The number of para-hydroxylation sites is 1. The minimum atomic E-state index is -0.140. The second-order valence-corrected chi connectivity index (χ2v) is 11.6. The molecular formula is C28H26BrNO3S2. The van der Waals surface area contributed by atoms with Gasteiger partial charge in [0.25, 0.3) is 5.91 Å². The van der Waals surface area contributed by atoms with Crippen molar-refractivity contribution in [3.63, 3.8) is 0 Å². The fraction of sp³-hybridized carbons (Fsp3) is 0.214. The number of ether oxygens (including phenoxy) is 2. The number of carbonyl (C=O) groups is 1. The molecule has 180 valence electrons. The van der Waals surface area contributed by atoms with Gasteiger partial charge in [-0.2, -0.15) is 0 Å². The quantitative estimate of drug-likeness (QED) is 0.167. The van der Waals surface area contributed by atoms with Crippen LogP contribution in [0.1, 0.15) is 31.9 Å². The number of halogens is 1. The highest BCUT2D eigenvalue weighted by atomic mass is 79.9. The number of benzene rings is 3. The fourth-order valence-corrected chi connectivity index (χ4v) is 5.20. The maximum atomic E-state index is 13.1. The first-order chi connectivity index (χ1) is 16.7. The zero-order valence-corrected chi connectivity index (χ0v) is 23.0. The molecule has 4 rings (SSSR count). The number of carbonyl (C=O) groups excluding carboxylic acids is 1. The topological polar surface area (TPSA) is 38.8 Å². The SMILES string of the molecule is CC(C)(C)c1ccc(OCCOc2ccc(Br)cc2/C=C2/SC(=S)N(c3ccccc3)C2=O)cc1. The third kappa shape index (κ3) is 6.34. The number of thioether (sulfide) groups is 1. The zero-order valence-electron chi connectivity index (χ0n) is 19.8. The number of hydrogen-bond donors (Lipinski definition) is 0. The average molecular weight is 569 g/mol. The summed E-state index contributed by atoms with van der Waals surface area (Å²) in [6.45, 7) is 7.33. The van der Waals surface area contributed by atoms with Crippen molar-refractivity contribution in [3.8, 4) is 11.5 Å². The van der Waals surface area contributed by atoms with E-state index in [0.29, 0.717) is 28.2 Å². The molecule has 1 saturated heterocycles. The minimum absolute atomic E-state index is 0.106. The highest BCUT2D eigenvalue weighted by Gasteiger charge is 2.33. The smallest absolute Gasteiger partial charge is 0.270 e. The number of rotatable bonds is 7. The van der Waals surface area contributed by atoms with Crippen LogP contribution in [0.25, 0.3) is 6.08 Å². The Morgan fingerprint density at radius 2 is 1.66 bits per heavy atom. The molecule has 0 unspecified atom stereocenters. The van der Waals surface area contributed by atoms with Gasteiger partial charge in [-0.15, -0.1) is 0 Å². The minimum Gasteiger partial charge on any atom is -0.490 e. The molecule has 0 atom stereocenters. The van der Waals surface area contributed by atoms with Crippen molar-refractivity contribution in [2.45, 2.75) is 26.2 Å². The van der Waals surface area contributed by atoms with Crippen LogP contribution in [0.3, 0.4) is 0 Å². The van der Waals surface area contributed by atoms with E-state index in [-0.39, 0.29) is 11.3 Å². The van der Waals surface area contributed by atoms with Gasteiger partial charge >= 0.3 is 0 Å². The van der Waals surface area contributed by atoms with Crippen molar-refractivity contribution in [2.24, 2.45) is 0 Å². The van der Waals surface area contributed by atoms with Crippen molar-refractivity contribution >= 4 is 61.9 Å². The Bertz CT molecular complexity index is 1250. The van der Waals surface area contributed by atoms with Crippen LogP contribution >= 0.6 is 39.9 Å². The number of thiocarbonyl (C=S) groups is 1. The van der Waals surface area contributed by atoms with Crippen molar-refractivity contribution in [2.75, 3.05) is 18.1 Å². The molecule has 1 aliphatic heterocycles. The standard InChI is InChI=1S/C28H26BrNO3S2/c1-28(2,3)20-9-12-23(13-10-20)32-15-16-33-24-14-11-21(29)17-19(24)18-25-26(31)30(27(34)35-25)22-7-5-4-6-8-22/h4-14,17-18H,15-16H2,1-3H3/b25-18+. The molecule has 0 saturated carbocycles. The van der Waals surface area contributed by atoms with Gasteiger partial charge in [-0.3, -0.25) is 9.69 Å². The number of anilines is 1. The molecule has 3 aromatic rings. The van der Waals surface area contributed by atoms with Gasteiger partial charge in [-0.05, 0) is 59.5 Å². The van der Waals surface area contributed by atoms with Gasteiger partial charge in [0.2, 0.25) is 0 Å². The Hall–Kier alpha value is -2.61. The van der Waals surface area contributed by atoms with Crippen LogP contribution in [0.2, 0.25) is 0 Å². The summed E-state index contributed by atoms with van der Waals surface area (Å²) in [4.78, 5) is 15.2. The van der Waals surface area contributed by atoms with Crippen molar-refractivity contribution in [3.05, 3.63) is 93.3 Å². The van der Waals surface area contributed by atoms with E-state index < -0.39 is 0 Å². The second kappa shape index (κ2) is 11.0. The van der Waals surface area contributed by atoms with Gasteiger partial charge in [0.1, 0.15) is 24.7 Å². The highest BCUT2D eigenvalue weighted by Crippen LogP contribution is 2.37. The van der Waals surface area contributed by atoms with Crippen LogP contribution in [0.5, 0.6) is 11.5 Å². The van der Waals surface area contributed by atoms with Crippen LogP contribution < -0.4 is 14.4 Å². The summed E-state index contributed by atoms with van der Waals surface area (Å²) in [5.74, 6) is 1.34. The predicted octanol–water partition coefficient (Wildman–Crippen LogP) is 7.61. The summed E-state index contributed by atoms with van der Waals surface area (Å²) in [7, 11) is 0. The summed E-state index contributed by atoms with van der Waals surface area (Å²) in [6, 6.07) is 23.3. The van der Waals surface area contributed by atoms with Crippen LogP contribution in [0.4, 0.5) is 5.69 Å². The molecule has 0 bridgehead atoms. The number of nitrogens with zero attached hydrogens (tertiary/aromatic N) is 1. The van der Waals surface area contributed by atoms with Gasteiger partial charge < -0.3 is 9.47 Å². The van der Waals surface area contributed by atoms with Gasteiger partial charge in [0.15, 0.2) is 4.32 Å². The monoisotopic (exact) mass is 567 g/mol. The fourth-order valence-electron chi connectivity index (χ4n) is 3.53. The Morgan fingerprint density at radius 3 is 2.34 bits per heavy atom. The largest absolute Gasteiger partial charge is 0.490 e. The molecule has 0 aromatic heterocycles. The second-order valence-electron chi connectivity index (χ2n) is 9.01. The van der Waals surface area contributed by atoms with Crippen molar-refractivity contribution < 1.29 is 14.3 Å².